The quantitative estimate of drug-likeness (QED) is 0.386. The summed E-state index contributed by atoms with van der Waals surface area (Å²) in [5.74, 6) is 0.860. The van der Waals surface area contributed by atoms with Gasteiger partial charge < -0.3 is 14.2 Å². The molecule has 3 heterocycles. The minimum absolute atomic E-state index is 0.0900. The third-order valence-electron chi connectivity index (χ3n) is 8.27. The lowest BCUT2D eigenvalue weighted by molar-refractivity contribution is -0.0460. The zero-order valence-corrected chi connectivity index (χ0v) is 23.3. The summed E-state index contributed by atoms with van der Waals surface area (Å²) in [5, 5.41) is 1.04. The van der Waals surface area contributed by atoms with Gasteiger partial charge in [0, 0.05) is 42.4 Å². The van der Waals surface area contributed by atoms with Crippen molar-refractivity contribution in [3.05, 3.63) is 64.8 Å². The number of aryl methyl sites for hydroxylation is 2. The van der Waals surface area contributed by atoms with Gasteiger partial charge in [-0.05, 0) is 83.6 Å². The predicted octanol–water partition coefficient (Wildman–Crippen LogP) is 6.72. The number of aromatic nitrogens is 1. The van der Waals surface area contributed by atoms with Crippen LogP contribution in [0.2, 0.25) is 0 Å². The molecule has 0 amide bonds. The predicted molar refractivity (Wildman–Crippen MR) is 146 cm³/mol. The highest BCUT2D eigenvalue weighted by molar-refractivity contribution is 5.95. The van der Waals surface area contributed by atoms with Crippen molar-refractivity contribution in [2.45, 2.75) is 90.1 Å². The Morgan fingerprint density at radius 2 is 1.84 bits per heavy atom. The first kappa shape index (κ1) is 25.8. The molecule has 6 nitrogen and oxygen atoms in total. The minimum Gasteiger partial charge on any atom is -0.496 e. The van der Waals surface area contributed by atoms with Crippen LogP contribution in [0.4, 0.5) is 4.79 Å². The smallest absolute Gasteiger partial charge is 0.419 e. The Labute approximate surface area is 220 Å². The van der Waals surface area contributed by atoms with Crippen LogP contribution >= 0.6 is 0 Å². The number of ether oxygens (including phenoxy) is 3. The van der Waals surface area contributed by atoms with Crippen LogP contribution in [-0.4, -0.2) is 47.5 Å². The number of carbonyl (C=O) groups is 1. The van der Waals surface area contributed by atoms with Crippen molar-refractivity contribution in [1.29, 1.82) is 0 Å². The molecule has 0 saturated carbocycles. The summed E-state index contributed by atoms with van der Waals surface area (Å²) >= 11 is 0. The van der Waals surface area contributed by atoms with Gasteiger partial charge in [-0.15, -0.1) is 0 Å². The second-order valence-electron chi connectivity index (χ2n) is 11.8. The number of piperidine rings is 1. The fourth-order valence-corrected chi connectivity index (χ4v) is 6.58. The van der Waals surface area contributed by atoms with Crippen LogP contribution in [0.5, 0.6) is 5.75 Å². The third-order valence-corrected chi connectivity index (χ3v) is 8.27. The molecule has 2 bridgehead atoms. The first-order chi connectivity index (χ1) is 17.6. The molecule has 1 unspecified atom stereocenters. The summed E-state index contributed by atoms with van der Waals surface area (Å²) in [5.41, 5.74) is 4.95. The molecule has 6 heteroatoms. The highest BCUT2D eigenvalue weighted by atomic mass is 16.6. The summed E-state index contributed by atoms with van der Waals surface area (Å²) in [6, 6.07) is 13.5. The van der Waals surface area contributed by atoms with Gasteiger partial charge in [0.25, 0.3) is 0 Å². The van der Waals surface area contributed by atoms with Gasteiger partial charge >= 0.3 is 6.09 Å². The summed E-state index contributed by atoms with van der Waals surface area (Å²) in [7, 11) is 3.57. The van der Waals surface area contributed by atoms with Crippen molar-refractivity contribution in [2.75, 3.05) is 14.2 Å². The van der Waals surface area contributed by atoms with E-state index in [0.717, 1.165) is 60.0 Å². The van der Waals surface area contributed by atoms with Crippen molar-refractivity contribution < 1.29 is 19.0 Å². The Balaban J connectivity index is 1.60. The molecule has 1 aromatic heterocycles. The van der Waals surface area contributed by atoms with Crippen LogP contribution in [0.15, 0.2) is 42.6 Å². The van der Waals surface area contributed by atoms with Gasteiger partial charge in [-0.3, -0.25) is 9.47 Å². The van der Waals surface area contributed by atoms with E-state index in [1.165, 1.54) is 11.1 Å². The molecule has 198 valence electrons. The van der Waals surface area contributed by atoms with Crippen molar-refractivity contribution in [2.24, 2.45) is 0 Å². The SMILES string of the molecule is COc1cc(C)c2c(ccn2C(=O)OC(C)(C)C)c1CN1[C@@H]2CCC1(c1ccc(C)cc1)C[C@@H](OC)C2. The van der Waals surface area contributed by atoms with E-state index in [9.17, 15) is 4.79 Å². The number of methoxy groups -OCH3 is 2. The van der Waals surface area contributed by atoms with Gasteiger partial charge in [-0.2, -0.15) is 0 Å². The zero-order chi connectivity index (χ0) is 26.5. The van der Waals surface area contributed by atoms with Crippen LogP contribution in [0, 0.1) is 13.8 Å². The van der Waals surface area contributed by atoms with E-state index < -0.39 is 5.60 Å². The molecule has 2 aliphatic heterocycles. The molecule has 37 heavy (non-hydrogen) atoms. The van der Waals surface area contributed by atoms with Gasteiger partial charge in [0.2, 0.25) is 0 Å². The van der Waals surface area contributed by atoms with Crippen LogP contribution < -0.4 is 4.74 Å². The van der Waals surface area contributed by atoms with Crippen LogP contribution in [-0.2, 0) is 21.6 Å². The standard InChI is InChI=1S/C31H40N2O4/c1-20-8-10-22(11-9-20)31-14-12-23(17-24(18-31)35-6)33(31)19-26-25-13-15-32(29(34)37-30(3,4)5)28(25)21(2)16-27(26)36-7/h8-11,13,15-16,23-24H,12,14,17-19H2,1-7H3/t23-,24+,31?/m1/s1. The molecule has 0 radical (unpaired) electrons. The highest BCUT2D eigenvalue weighted by Crippen LogP contribution is 2.52. The average molecular weight is 505 g/mol. The maximum absolute atomic E-state index is 13.1. The topological polar surface area (TPSA) is 52.9 Å². The lowest BCUT2D eigenvalue weighted by atomic mass is 9.79. The van der Waals surface area contributed by atoms with Gasteiger partial charge in [0.1, 0.15) is 11.4 Å². The third kappa shape index (κ3) is 4.55. The van der Waals surface area contributed by atoms with Crippen molar-refractivity contribution >= 4 is 17.0 Å². The number of benzene rings is 2. The molecule has 0 aliphatic carbocycles. The molecule has 0 N–H and O–H groups in total. The monoisotopic (exact) mass is 504 g/mol. The number of hydrogen-bond donors (Lipinski definition) is 0. The van der Waals surface area contributed by atoms with Crippen LogP contribution in [0.25, 0.3) is 10.9 Å². The van der Waals surface area contributed by atoms with E-state index in [1.54, 1.807) is 11.7 Å². The largest absolute Gasteiger partial charge is 0.496 e. The zero-order valence-electron chi connectivity index (χ0n) is 23.3. The number of rotatable bonds is 5. The van der Waals surface area contributed by atoms with E-state index in [1.807, 2.05) is 47.1 Å². The lowest BCUT2D eigenvalue weighted by Crippen LogP contribution is -2.52. The molecule has 0 spiro atoms. The number of fused-ring (bicyclic) bond motifs is 3. The Morgan fingerprint density at radius 1 is 1.11 bits per heavy atom. The fourth-order valence-electron chi connectivity index (χ4n) is 6.58. The van der Waals surface area contributed by atoms with E-state index in [2.05, 4.69) is 42.2 Å². The van der Waals surface area contributed by atoms with Crippen molar-refractivity contribution in [3.63, 3.8) is 0 Å². The molecular weight excluding hydrogens is 464 g/mol. The normalized spacial score (nSPS) is 24.0. The number of carbonyl (C=O) groups excluding carboxylic acids is 1. The highest BCUT2D eigenvalue weighted by Gasteiger charge is 2.52. The second kappa shape index (κ2) is 9.48. The molecule has 3 atom stereocenters. The summed E-state index contributed by atoms with van der Waals surface area (Å²) in [6.07, 6.45) is 5.97. The first-order valence-corrected chi connectivity index (χ1v) is 13.3. The van der Waals surface area contributed by atoms with E-state index in [0.29, 0.717) is 6.04 Å². The van der Waals surface area contributed by atoms with Crippen molar-refractivity contribution in [1.82, 2.24) is 9.47 Å². The van der Waals surface area contributed by atoms with Gasteiger partial charge in [-0.1, -0.05) is 29.8 Å². The summed E-state index contributed by atoms with van der Waals surface area (Å²) < 4.78 is 19.2. The Kier molecular flexibility index (Phi) is 6.61. The Bertz CT molecular complexity index is 1300. The average Bonchev–Trinajstić information content (AvgIpc) is 3.37. The van der Waals surface area contributed by atoms with Crippen LogP contribution in [0.1, 0.15) is 68.7 Å². The molecule has 2 saturated heterocycles. The molecular formula is C31H40N2O4. The molecule has 2 aromatic carbocycles. The first-order valence-electron chi connectivity index (χ1n) is 13.3. The van der Waals surface area contributed by atoms with Crippen LogP contribution in [0.3, 0.4) is 0 Å². The number of hydrogen-bond acceptors (Lipinski definition) is 5. The lowest BCUT2D eigenvalue weighted by Gasteiger charge is -2.48. The van der Waals surface area contributed by atoms with Gasteiger partial charge in [0.15, 0.2) is 0 Å². The van der Waals surface area contributed by atoms with Gasteiger partial charge in [-0.25, -0.2) is 4.79 Å². The molecule has 3 aromatic rings. The van der Waals surface area contributed by atoms with E-state index >= 15 is 0 Å². The minimum atomic E-state index is -0.567. The summed E-state index contributed by atoms with van der Waals surface area (Å²) in [6.45, 7) is 10.6. The fraction of sp³-hybridized carbons (Fsp3) is 0.516. The maximum atomic E-state index is 13.1. The maximum Gasteiger partial charge on any atom is 0.419 e. The van der Waals surface area contributed by atoms with Crippen molar-refractivity contribution in [3.8, 4) is 5.75 Å². The molecule has 5 rings (SSSR count). The van der Waals surface area contributed by atoms with Gasteiger partial charge in [0.05, 0.1) is 18.7 Å². The molecule has 2 fully saturated rings. The second-order valence-corrected chi connectivity index (χ2v) is 11.8. The number of nitrogens with zero attached hydrogens (tertiary/aromatic N) is 2. The van der Waals surface area contributed by atoms with E-state index in [-0.39, 0.29) is 17.7 Å². The molecule has 2 aliphatic rings. The van der Waals surface area contributed by atoms with E-state index in [4.69, 9.17) is 14.2 Å². The summed E-state index contributed by atoms with van der Waals surface area (Å²) in [4.78, 5) is 15.8. The Hall–Kier alpha value is -2.83. The Morgan fingerprint density at radius 3 is 2.49 bits per heavy atom.